The molecule has 0 saturated carbocycles. The van der Waals surface area contributed by atoms with Crippen molar-refractivity contribution in [2.45, 2.75) is 0 Å². The lowest BCUT2D eigenvalue weighted by atomic mass is 10.2. The van der Waals surface area contributed by atoms with Gasteiger partial charge in [-0.15, -0.1) is 0 Å². The standard InChI is InChI=1S/C14H12FN3O3S/c1-21-11-6-7-12(13(8-11)18(19)20)17-14(22)16-10-4-2-9(15)3-5-10/h2-8H,1H3,(H2,16,17,22). The van der Waals surface area contributed by atoms with Crippen LogP contribution in [0.1, 0.15) is 0 Å². The molecule has 0 radical (unpaired) electrons. The van der Waals surface area contributed by atoms with Gasteiger partial charge in [0.15, 0.2) is 5.11 Å². The van der Waals surface area contributed by atoms with Crippen LogP contribution in [0.4, 0.5) is 21.5 Å². The quantitative estimate of drug-likeness (QED) is 0.509. The highest BCUT2D eigenvalue weighted by atomic mass is 32.1. The second kappa shape index (κ2) is 6.81. The van der Waals surface area contributed by atoms with Gasteiger partial charge in [0.2, 0.25) is 0 Å². The van der Waals surface area contributed by atoms with Gasteiger partial charge in [0.1, 0.15) is 17.3 Å². The molecule has 0 unspecified atom stereocenters. The van der Waals surface area contributed by atoms with Crippen molar-refractivity contribution in [3.63, 3.8) is 0 Å². The first-order chi connectivity index (χ1) is 10.5. The average molecular weight is 321 g/mol. The molecule has 0 amide bonds. The zero-order valence-electron chi connectivity index (χ0n) is 11.5. The number of nitro benzene ring substituents is 1. The number of benzene rings is 2. The molecule has 2 N–H and O–H groups in total. The Morgan fingerprint density at radius 3 is 2.50 bits per heavy atom. The zero-order chi connectivity index (χ0) is 16.1. The van der Waals surface area contributed by atoms with Crippen LogP contribution in [0.5, 0.6) is 5.75 Å². The SMILES string of the molecule is COc1ccc(NC(=S)Nc2ccc(F)cc2)c([N+](=O)[O-])c1. The van der Waals surface area contributed by atoms with E-state index < -0.39 is 4.92 Å². The Kier molecular flexibility index (Phi) is 4.84. The zero-order valence-corrected chi connectivity index (χ0v) is 12.3. The molecule has 0 aliphatic heterocycles. The molecule has 2 aromatic rings. The number of nitrogens with one attached hydrogen (secondary N) is 2. The fourth-order valence-electron chi connectivity index (χ4n) is 1.71. The van der Waals surface area contributed by atoms with Crippen LogP contribution in [-0.2, 0) is 0 Å². The monoisotopic (exact) mass is 321 g/mol. The van der Waals surface area contributed by atoms with Crippen LogP contribution in [0.2, 0.25) is 0 Å². The number of nitro groups is 1. The number of hydrogen-bond donors (Lipinski definition) is 2. The Bertz CT molecular complexity index is 707. The van der Waals surface area contributed by atoms with E-state index in [9.17, 15) is 14.5 Å². The molecule has 0 saturated heterocycles. The van der Waals surface area contributed by atoms with Crippen molar-refractivity contribution < 1.29 is 14.1 Å². The Hall–Kier alpha value is -2.74. The molecule has 2 aromatic carbocycles. The predicted molar refractivity (Wildman–Crippen MR) is 85.9 cm³/mol. The van der Waals surface area contributed by atoms with E-state index in [0.29, 0.717) is 11.4 Å². The van der Waals surface area contributed by atoms with Crippen molar-refractivity contribution in [3.05, 3.63) is 58.4 Å². The summed E-state index contributed by atoms with van der Waals surface area (Å²) in [6.07, 6.45) is 0. The minimum absolute atomic E-state index is 0.153. The normalized spacial score (nSPS) is 9.91. The maximum absolute atomic E-state index is 12.8. The predicted octanol–water partition coefficient (Wildman–Crippen LogP) is 3.55. The number of halogens is 1. The Morgan fingerprint density at radius 1 is 1.23 bits per heavy atom. The molecule has 0 aliphatic carbocycles. The molecule has 8 heteroatoms. The van der Waals surface area contributed by atoms with Gasteiger partial charge in [0, 0.05) is 5.69 Å². The Morgan fingerprint density at radius 2 is 1.91 bits per heavy atom. The van der Waals surface area contributed by atoms with Crippen molar-refractivity contribution >= 4 is 34.4 Å². The molecule has 0 fully saturated rings. The Balaban J connectivity index is 2.14. The summed E-state index contributed by atoms with van der Waals surface area (Å²) < 4.78 is 17.8. The van der Waals surface area contributed by atoms with Gasteiger partial charge in [0.25, 0.3) is 5.69 Å². The summed E-state index contributed by atoms with van der Waals surface area (Å²) in [5, 5.41) is 16.8. The third kappa shape index (κ3) is 3.89. The molecule has 0 bridgehead atoms. The number of rotatable bonds is 4. The van der Waals surface area contributed by atoms with Crippen molar-refractivity contribution in [2.24, 2.45) is 0 Å². The number of hydrogen-bond acceptors (Lipinski definition) is 4. The molecule has 0 aromatic heterocycles. The third-order valence-electron chi connectivity index (χ3n) is 2.75. The summed E-state index contributed by atoms with van der Waals surface area (Å²) in [6, 6.07) is 9.94. The van der Waals surface area contributed by atoms with E-state index in [1.807, 2.05) is 0 Å². The number of ether oxygens (including phenoxy) is 1. The smallest absolute Gasteiger partial charge is 0.296 e. The summed E-state index contributed by atoms with van der Waals surface area (Å²) >= 11 is 5.09. The second-order valence-electron chi connectivity index (χ2n) is 4.23. The number of thiocarbonyl (C=S) groups is 1. The molecule has 2 rings (SSSR count). The molecular weight excluding hydrogens is 309 g/mol. The van der Waals surface area contributed by atoms with Gasteiger partial charge in [0.05, 0.1) is 18.1 Å². The van der Waals surface area contributed by atoms with Crippen LogP contribution >= 0.6 is 12.2 Å². The number of methoxy groups -OCH3 is 1. The summed E-state index contributed by atoms with van der Waals surface area (Å²) in [5.41, 5.74) is 0.628. The number of anilines is 2. The largest absolute Gasteiger partial charge is 0.496 e. The van der Waals surface area contributed by atoms with Gasteiger partial charge >= 0.3 is 0 Å². The lowest BCUT2D eigenvalue weighted by Gasteiger charge is -2.11. The van der Waals surface area contributed by atoms with E-state index in [1.165, 1.54) is 43.5 Å². The van der Waals surface area contributed by atoms with Crippen LogP contribution in [0.25, 0.3) is 0 Å². The van der Waals surface area contributed by atoms with E-state index in [1.54, 1.807) is 6.07 Å². The van der Waals surface area contributed by atoms with Crippen molar-refractivity contribution in [3.8, 4) is 5.75 Å². The minimum atomic E-state index is -0.536. The van der Waals surface area contributed by atoms with Gasteiger partial charge in [-0.1, -0.05) is 0 Å². The van der Waals surface area contributed by atoms with E-state index in [0.717, 1.165) is 0 Å². The van der Waals surface area contributed by atoms with Crippen LogP contribution < -0.4 is 15.4 Å². The first-order valence-electron chi connectivity index (χ1n) is 6.15. The third-order valence-corrected chi connectivity index (χ3v) is 2.96. The van der Waals surface area contributed by atoms with Crippen LogP contribution in [0.3, 0.4) is 0 Å². The van der Waals surface area contributed by atoms with E-state index >= 15 is 0 Å². The van der Waals surface area contributed by atoms with Crippen molar-refractivity contribution in [2.75, 3.05) is 17.7 Å². The molecule has 0 heterocycles. The van der Waals surface area contributed by atoms with Crippen molar-refractivity contribution in [1.29, 1.82) is 0 Å². The summed E-state index contributed by atoms with van der Waals surface area (Å²) in [7, 11) is 1.42. The molecule has 114 valence electrons. The topological polar surface area (TPSA) is 76.4 Å². The van der Waals surface area contributed by atoms with Gasteiger partial charge in [-0.05, 0) is 48.6 Å². The van der Waals surface area contributed by atoms with Crippen LogP contribution in [-0.4, -0.2) is 17.1 Å². The summed E-state index contributed by atoms with van der Waals surface area (Å²) in [4.78, 5) is 10.5. The lowest BCUT2D eigenvalue weighted by molar-refractivity contribution is -0.384. The van der Waals surface area contributed by atoms with Crippen LogP contribution in [0.15, 0.2) is 42.5 Å². The summed E-state index contributed by atoms with van der Waals surface area (Å²) in [5.74, 6) is 0.00452. The fourth-order valence-corrected chi connectivity index (χ4v) is 1.94. The lowest BCUT2D eigenvalue weighted by Crippen LogP contribution is -2.19. The molecule has 22 heavy (non-hydrogen) atoms. The second-order valence-corrected chi connectivity index (χ2v) is 4.63. The molecule has 0 atom stereocenters. The molecule has 6 nitrogen and oxygen atoms in total. The van der Waals surface area contributed by atoms with E-state index in [-0.39, 0.29) is 22.3 Å². The Labute approximate surface area is 131 Å². The van der Waals surface area contributed by atoms with Gasteiger partial charge in [-0.3, -0.25) is 10.1 Å². The van der Waals surface area contributed by atoms with E-state index in [2.05, 4.69) is 10.6 Å². The fraction of sp³-hybridized carbons (Fsp3) is 0.0714. The van der Waals surface area contributed by atoms with E-state index in [4.69, 9.17) is 17.0 Å². The van der Waals surface area contributed by atoms with Crippen molar-refractivity contribution in [1.82, 2.24) is 0 Å². The average Bonchev–Trinajstić information content (AvgIpc) is 2.49. The highest BCUT2D eigenvalue weighted by Crippen LogP contribution is 2.29. The molecule has 0 spiro atoms. The van der Waals surface area contributed by atoms with Gasteiger partial charge in [-0.2, -0.15) is 0 Å². The highest BCUT2D eigenvalue weighted by Gasteiger charge is 2.16. The maximum atomic E-state index is 12.8. The highest BCUT2D eigenvalue weighted by molar-refractivity contribution is 7.80. The molecular formula is C14H12FN3O3S. The maximum Gasteiger partial charge on any atom is 0.296 e. The minimum Gasteiger partial charge on any atom is -0.496 e. The number of nitrogens with zero attached hydrogens (tertiary/aromatic N) is 1. The first-order valence-corrected chi connectivity index (χ1v) is 6.56. The van der Waals surface area contributed by atoms with Gasteiger partial charge in [-0.25, -0.2) is 4.39 Å². The summed E-state index contributed by atoms with van der Waals surface area (Å²) in [6.45, 7) is 0. The van der Waals surface area contributed by atoms with Gasteiger partial charge < -0.3 is 15.4 Å². The van der Waals surface area contributed by atoms with Crippen LogP contribution in [0, 0.1) is 15.9 Å². The molecule has 0 aliphatic rings. The first kappa shape index (κ1) is 15.6.